The van der Waals surface area contributed by atoms with E-state index in [1.54, 1.807) is 12.4 Å². The van der Waals surface area contributed by atoms with E-state index < -0.39 is 0 Å². The number of nitrogens with one attached hydrogen (secondary N) is 1. The van der Waals surface area contributed by atoms with Gasteiger partial charge in [0.25, 0.3) is 0 Å². The molecule has 5 nitrogen and oxygen atoms in total. The molecule has 0 aliphatic heterocycles. The number of rotatable bonds is 7. The van der Waals surface area contributed by atoms with Crippen molar-refractivity contribution in [3.63, 3.8) is 0 Å². The van der Waals surface area contributed by atoms with Gasteiger partial charge in [0.1, 0.15) is 0 Å². The van der Waals surface area contributed by atoms with Gasteiger partial charge in [-0.3, -0.25) is 9.78 Å². The largest absolute Gasteiger partial charge is 0.330 e. The average molecular weight is 367 g/mol. The first-order valence-corrected chi connectivity index (χ1v) is 8.77. The minimum absolute atomic E-state index is 0.0675. The molecule has 1 aromatic heterocycles. The summed E-state index contributed by atoms with van der Waals surface area (Å²) in [6.45, 7) is 0.853. The molecule has 3 N–H and O–H groups in total. The second-order valence-electron chi connectivity index (χ2n) is 6.07. The van der Waals surface area contributed by atoms with Gasteiger partial charge in [-0.05, 0) is 60.6 Å². The number of nitrogens with zero attached hydrogens (tertiary/aromatic N) is 1. The molecular formula is C20H21N3O2S. The van der Waals surface area contributed by atoms with Crippen LogP contribution in [0, 0.1) is 0 Å². The maximum Gasteiger partial charge on any atom is 0.231 e. The van der Waals surface area contributed by atoms with Crippen LogP contribution in [0.2, 0.25) is 0 Å². The molecule has 0 aliphatic carbocycles. The van der Waals surface area contributed by atoms with Crippen LogP contribution in [0.1, 0.15) is 23.5 Å². The summed E-state index contributed by atoms with van der Waals surface area (Å²) in [4.78, 5) is 16.9. The zero-order valence-corrected chi connectivity index (χ0v) is 15.2. The molecule has 0 bridgehead atoms. The number of anilines is 1. The van der Waals surface area contributed by atoms with Crippen LogP contribution < -0.4 is 11.1 Å². The van der Waals surface area contributed by atoms with Gasteiger partial charge < -0.3 is 15.2 Å². The van der Waals surface area contributed by atoms with Gasteiger partial charge in [0, 0.05) is 23.5 Å². The number of hydrogen-bond donors (Lipinski definition) is 3. The number of carbonyl (C=O) groups is 1. The van der Waals surface area contributed by atoms with Crippen LogP contribution in [0.3, 0.4) is 0 Å². The van der Waals surface area contributed by atoms with E-state index in [0.717, 1.165) is 27.6 Å². The van der Waals surface area contributed by atoms with E-state index >= 15 is 0 Å². The van der Waals surface area contributed by atoms with E-state index in [0.29, 0.717) is 19.6 Å². The number of hydrogen-bond acceptors (Lipinski definition) is 5. The Morgan fingerprint density at radius 1 is 1.15 bits per heavy atom. The predicted octanol–water partition coefficient (Wildman–Crippen LogP) is 3.67. The Morgan fingerprint density at radius 2 is 1.96 bits per heavy atom. The van der Waals surface area contributed by atoms with E-state index in [4.69, 9.17) is 9.92 Å². The van der Waals surface area contributed by atoms with Gasteiger partial charge in [0.05, 0.1) is 12.5 Å². The molecule has 134 valence electrons. The Labute approximate surface area is 158 Å². The highest BCUT2D eigenvalue weighted by Crippen LogP contribution is 2.24. The van der Waals surface area contributed by atoms with Crippen molar-refractivity contribution < 1.29 is 8.98 Å². The summed E-state index contributed by atoms with van der Waals surface area (Å²) < 4.78 is 4.83. The molecule has 3 aromatic rings. The summed E-state index contributed by atoms with van der Waals surface area (Å²) in [5.41, 5.74) is 8.42. The number of aromatic nitrogens is 1. The SMILES string of the molecule is NCCC(C(=O)Nc1ccc2cnccc2c1)c1ccc(COS)cc1. The first-order valence-electron chi connectivity index (χ1n) is 8.41. The molecule has 1 atom stereocenters. The van der Waals surface area contributed by atoms with E-state index in [9.17, 15) is 4.79 Å². The van der Waals surface area contributed by atoms with Crippen LogP contribution in [0.15, 0.2) is 60.9 Å². The predicted molar refractivity (Wildman–Crippen MR) is 107 cm³/mol. The van der Waals surface area contributed by atoms with Gasteiger partial charge in [-0.2, -0.15) is 0 Å². The van der Waals surface area contributed by atoms with Crippen molar-refractivity contribution >= 4 is 35.3 Å². The summed E-state index contributed by atoms with van der Waals surface area (Å²) >= 11 is 3.76. The lowest BCUT2D eigenvalue weighted by molar-refractivity contribution is -0.117. The molecule has 0 fully saturated rings. The van der Waals surface area contributed by atoms with Gasteiger partial charge in [-0.15, -0.1) is 0 Å². The normalized spacial score (nSPS) is 12.1. The first kappa shape index (κ1) is 18.4. The van der Waals surface area contributed by atoms with Crippen molar-refractivity contribution in [1.82, 2.24) is 4.98 Å². The molecule has 26 heavy (non-hydrogen) atoms. The number of amides is 1. The Kier molecular flexibility index (Phi) is 6.22. The monoisotopic (exact) mass is 367 g/mol. The standard InChI is InChI=1S/C20H21N3O2S/c21-9-7-19(15-3-1-14(2-4-15)13-25-26)20(24)23-18-6-5-17-12-22-10-8-16(17)11-18/h1-6,8,10-12,19,26H,7,9,13,21H2,(H,23,24). The third-order valence-corrected chi connectivity index (χ3v) is 4.42. The highest BCUT2D eigenvalue weighted by Gasteiger charge is 2.20. The molecular weight excluding hydrogens is 346 g/mol. The molecule has 6 heteroatoms. The maximum absolute atomic E-state index is 12.8. The van der Waals surface area contributed by atoms with Crippen molar-refractivity contribution in [2.24, 2.45) is 5.73 Å². The van der Waals surface area contributed by atoms with Gasteiger partial charge in [-0.1, -0.05) is 30.3 Å². The molecule has 0 spiro atoms. The molecule has 0 saturated heterocycles. The minimum Gasteiger partial charge on any atom is -0.330 e. The number of pyridine rings is 1. The Bertz CT molecular complexity index is 884. The fraction of sp³-hybridized carbons (Fsp3) is 0.200. The van der Waals surface area contributed by atoms with Crippen molar-refractivity contribution in [3.8, 4) is 0 Å². The summed E-state index contributed by atoms with van der Waals surface area (Å²) in [5.74, 6) is -0.374. The molecule has 0 aliphatic rings. The number of nitrogens with two attached hydrogens (primary N) is 1. The molecule has 2 aromatic carbocycles. The van der Waals surface area contributed by atoms with Gasteiger partial charge in [-0.25, -0.2) is 0 Å². The van der Waals surface area contributed by atoms with E-state index in [2.05, 4.69) is 23.2 Å². The van der Waals surface area contributed by atoms with Gasteiger partial charge in [0.15, 0.2) is 0 Å². The molecule has 1 heterocycles. The van der Waals surface area contributed by atoms with Crippen LogP contribution in [0.5, 0.6) is 0 Å². The smallest absolute Gasteiger partial charge is 0.231 e. The molecule has 1 amide bonds. The lowest BCUT2D eigenvalue weighted by Crippen LogP contribution is -2.23. The average Bonchev–Trinajstić information content (AvgIpc) is 2.67. The quantitative estimate of drug-likeness (QED) is 0.440. The van der Waals surface area contributed by atoms with E-state index in [1.165, 1.54) is 0 Å². The van der Waals surface area contributed by atoms with E-state index in [-0.39, 0.29) is 11.8 Å². The fourth-order valence-electron chi connectivity index (χ4n) is 2.93. The van der Waals surface area contributed by atoms with E-state index in [1.807, 2.05) is 48.5 Å². The summed E-state index contributed by atoms with van der Waals surface area (Å²) in [7, 11) is 0. The fourth-order valence-corrected chi connectivity index (χ4v) is 3.08. The van der Waals surface area contributed by atoms with Crippen molar-refractivity contribution in [1.29, 1.82) is 0 Å². The van der Waals surface area contributed by atoms with Crippen LogP contribution in [0.4, 0.5) is 5.69 Å². The topological polar surface area (TPSA) is 77.2 Å². The van der Waals surface area contributed by atoms with Crippen LogP contribution in [-0.2, 0) is 15.6 Å². The third kappa shape index (κ3) is 4.40. The lowest BCUT2D eigenvalue weighted by atomic mass is 9.94. The molecule has 3 rings (SSSR count). The van der Waals surface area contributed by atoms with Crippen LogP contribution >= 0.6 is 12.9 Å². The Balaban J connectivity index is 1.78. The highest BCUT2D eigenvalue weighted by atomic mass is 32.1. The first-order chi connectivity index (χ1) is 12.7. The number of fused-ring (bicyclic) bond motifs is 1. The second kappa shape index (κ2) is 8.80. The summed E-state index contributed by atoms with van der Waals surface area (Å²) in [6, 6.07) is 15.4. The van der Waals surface area contributed by atoms with Crippen molar-refractivity contribution in [2.45, 2.75) is 18.9 Å². The van der Waals surface area contributed by atoms with Crippen LogP contribution in [0.25, 0.3) is 10.8 Å². The number of benzene rings is 2. The number of carbonyl (C=O) groups excluding carboxylic acids is 1. The minimum atomic E-state index is -0.306. The molecule has 0 radical (unpaired) electrons. The highest BCUT2D eigenvalue weighted by molar-refractivity contribution is 7.75. The maximum atomic E-state index is 12.8. The Morgan fingerprint density at radius 3 is 2.69 bits per heavy atom. The lowest BCUT2D eigenvalue weighted by Gasteiger charge is -2.17. The Hall–Kier alpha value is -2.41. The van der Waals surface area contributed by atoms with Gasteiger partial charge in [0.2, 0.25) is 5.91 Å². The third-order valence-electron chi connectivity index (χ3n) is 4.29. The number of thiol groups is 1. The summed E-state index contributed by atoms with van der Waals surface area (Å²) in [6.07, 6.45) is 4.11. The van der Waals surface area contributed by atoms with Crippen molar-refractivity contribution in [3.05, 3.63) is 72.1 Å². The zero-order valence-electron chi connectivity index (χ0n) is 14.3. The molecule has 0 saturated carbocycles. The van der Waals surface area contributed by atoms with Crippen molar-refractivity contribution in [2.75, 3.05) is 11.9 Å². The van der Waals surface area contributed by atoms with Crippen LogP contribution in [-0.4, -0.2) is 17.4 Å². The molecule has 1 unspecified atom stereocenters. The summed E-state index contributed by atoms with van der Waals surface area (Å²) in [5, 5.41) is 5.07. The second-order valence-corrected chi connectivity index (χ2v) is 6.33. The zero-order chi connectivity index (χ0) is 18.4. The van der Waals surface area contributed by atoms with Gasteiger partial charge >= 0.3 is 0 Å².